The molecule has 0 atom stereocenters. The third-order valence-corrected chi connectivity index (χ3v) is 8.77. The number of thiophene rings is 1. The molecule has 4 nitrogen and oxygen atoms in total. The first-order chi connectivity index (χ1) is 11.5. The van der Waals surface area contributed by atoms with Crippen molar-refractivity contribution in [3.8, 4) is 0 Å². The van der Waals surface area contributed by atoms with Crippen molar-refractivity contribution in [2.24, 2.45) is 0 Å². The van der Waals surface area contributed by atoms with Gasteiger partial charge < -0.3 is 0 Å². The topological polar surface area (TPSA) is 40.6 Å². The summed E-state index contributed by atoms with van der Waals surface area (Å²) in [6.45, 7) is 3.47. The summed E-state index contributed by atoms with van der Waals surface area (Å²) in [6, 6.07) is 12.0. The molecule has 0 spiro atoms. The number of rotatable bonds is 5. The minimum atomic E-state index is -3.35. The number of hydrogen-bond donors (Lipinski definition) is 0. The predicted molar refractivity (Wildman–Crippen MR) is 104 cm³/mol. The van der Waals surface area contributed by atoms with Crippen molar-refractivity contribution in [3.63, 3.8) is 0 Å². The summed E-state index contributed by atoms with van der Waals surface area (Å²) in [4.78, 5) is 3.57. The molecule has 24 heavy (non-hydrogen) atoms. The van der Waals surface area contributed by atoms with Gasteiger partial charge in [0.05, 0.1) is 3.79 Å². The molecule has 3 rings (SSSR count). The van der Waals surface area contributed by atoms with Crippen LogP contribution in [0, 0.1) is 0 Å². The van der Waals surface area contributed by atoms with Crippen LogP contribution in [-0.2, 0) is 16.6 Å². The first kappa shape index (κ1) is 18.4. The molecule has 2 heterocycles. The predicted octanol–water partition coefficient (Wildman–Crippen LogP) is 3.74. The van der Waals surface area contributed by atoms with E-state index in [2.05, 4.69) is 51.4 Å². The lowest BCUT2D eigenvalue weighted by Gasteiger charge is -2.33. The average molecular weight is 447 g/mol. The molecule has 1 aromatic heterocycles. The number of sulfonamides is 1. The summed E-state index contributed by atoms with van der Waals surface area (Å²) in [7, 11) is -3.35. The molecule has 2 aromatic rings. The van der Waals surface area contributed by atoms with E-state index in [0.717, 1.165) is 23.4 Å². The van der Waals surface area contributed by atoms with Crippen LogP contribution < -0.4 is 0 Å². The molecule has 0 N–H and O–H groups in total. The Kier molecular flexibility index (Phi) is 6.05. The highest BCUT2D eigenvalue weighted by atomic mass is 79.9. The van der Waals surface area contributed by atoms with Crippen LogP contribution in [0.2, 0.25) is 0 Å². The summed E-state index contributed by atoms with van der Waals surface area (Å²) in [5.74, 6) is 0. The number of nitrogens with zero attached hydrogens (tertiary/aromatic N) is 2. The first-order valence-electron chi connectivity index (χ1n) is 7.60. The molecule has 0 saturated carbocycles. The lowest BCUT2D eigenvalue weighted by atomic mass is 10.2. The number of piperazine rings is 1. The largest absolute Gasteiger partial charge is 0.296 e. The zero-order chi connectivity index (χ0) is 17.2. The van der Waals surface area contributed by atoms with Crippen molar-refractivity contribution < 1.29 is 8.42 Å². The molecule has 130 valence electrons. The van der Waals surface area contributed by atoms with Crippen LogP contribution in [0.25, 0.3) is 0 Å². The maximum Gasteiger partial charge on any atom is 0.252 e. The molecule has 1 saturated heterocycles. The summed E-state index contributed by atoms with van der Waals surface area (Å²) < 4.78 is 28.1. The van der Waals surface area contributed by atoms with Gasteiger partial charge in [-0.25, -0.2) is 8.42 Å². The van der Waals surface area contributed by atoms with E-state index in [1.807, 2.05) is 0 Å². The summed E-state index contributed by atoms with van der Waals surface area (Å²) in [6.07, 6.45) is 2.07. The molecule has 1 aliphatic heterocycles. The van der Waals surface area contributed by atoms with Gasteiger partial charge in [-0.1, -0.05) is 12.1 Å². The van der Waals surface area contributed by atoms with E-state index in [9.17, 15) is 8.42 Å². The Morgan fingerprint density at radius 2 is 1.75 bits per heavy atom. The second-order valence-corrected chi connectivity index (χ2v) is 11.1. The molecular formula is C16H19BrN2O2S3. The molecule has 0 unspecified atom stereocenters. The average Bonchev–Trinajstić information content (AvgIpc) is 3.03. The zero-order valence-corrected chi connectivity index (χ0v) is 17.3. The fourth-order valence-electron chi connectivity index (χ4n) is 2.68. The van der Waals surface area contributed by atoms with Crippen molar-refractivity contribution in [2.45, 2.75) is 15.6 Å². The number of halogens is 1. The van der Waals surface area contributed by atoms with Gasteiger partial charge in [0.15, 0.2) is 0 Å². The molecule has 1 fully saturated rings. The Morgan fingerprint density at radius 3 is 2.29 bits per heavy atom. The molecule has 0 radical (unpaired) electrons. The van der Waals surface area contributed by atoms with Crippen molar-refractivity contribution in [2.75, 3.05) is 32.4 Å². The minimum absolute atomic E-state index is 0.412. The van der Waals surface area contributed by atoms with Gasteiger partial charge in [0.1, 0.15) is 4.21 Å². The van der Waals surface area contributed by atoms with Crippen LogP contribution in [0.5, 0.6) is 0 Å². The molecule has 8 heteroatoms. The zero-order valence-electron chi connectivity index (χ0n) is 13.3. The number of thioether (sulfide) groups is 1. The lowest BCUT2D eigenvalue weighted by molar-refractivity contribution is 0.182. The Balaban J connectivity index is 1.59. The summed E-state index contributed by atoms with van der Waals surface area (Å²) in [5, 5.41) is 0. The van der Waals surface area contributed by atoms with Gasteiger partial charge in [-0.05, 0) is 52.0 Å². The first-order valence-corrected chi connectivity index (χ1v) is 11.9. The van der Waals surface area contributed by atoms with E-state index in [4.69, 9.17) is 0 Å². The van der Waals surface area contributed by atoms with E-state index >= 15 is 0 Å². The Bertz CT molecular complexity index is 782. The molecular weight excluding hydrogens is 428 g/mol. The second kappa shape index (κ2) is 7.88. The normalized spacial score (nSPS) is 17.2. The van der Waals surface area contributed by atoms with Crippen molar-refractivity contribution in [1.29, 1.82) is 0 Å². The number of benzene rings is 1. The van der Waals surface area contributed by atoms with Crippen molar-refractivity contribution >= 4 is 49.1 Å². The smallest absolute Gasteiger partial charge is 0.252 e. The highest BCUT2D eigenvalue weighted by Crippen LogP contribution is 2.29. The molecule has 1 aliphatic rings. The van der Waals surface area contributed by atoms with E-state index in [-0.39, 0.29) is 0 Å². The monoisotopic (exact) mass is 446 g/mol. The maximum atomic E-state index is 12.6. The molecule has 0 amide bonds. The van der Waals surface area contributed by atoms with Crippen LogP contribution in [-0.4, -0.2) is 50.1 Å². The van der Waals surface area contributed by atoms with Crippen LogP contribution in [0.15, 0.2) is 49.3 Å². The van der Waals surface area contributed by atoms with Crippen LogP contribution in [0.4, 0.5) is 0 Å². The van der Waals surface area contributed by atoms with Gasteiger partial charge in [0.25, 0.3) is 10.0 Å². The van der Waals surface area contributed by atoms with E-state index in [1.54, 1.807) is 28.2 Å². The van der Waals surface area contributed by atoms with Gasteiger partial charge in [-0.15, -0.1) is 23.1 Å². The van der Waals surface area contributed by atoms with Crippen LogP contribution in [0.3, 0.4) is 0 Å². The Labute approximate surface area is 160 Å². The summed E-state index contributed by atoms with van der Waals surface area (Å²) in [5.41, 5.74) is 1.27. The maximum absolute atomic E-state index is 12.6. The fourth-order valence-corrected chi connectivity index (χ4v) is 6.68. The number of hydrogen-bond acceptors (Lipinski definition) is 5. The van der Waals surface area contributed by atoms with Crippen LogP contribution in [0.1, 0.15) is 5.56 Å². The SMILES string of the molecule is CSc1ccc(CN2CCN(S(=O)(=O)c3ccc(Br)s3)CC2)cc1. The van der Waals surface area contributed by atoms with Gasteiger partial charge in [-0.2, -0.15) is 4.31 Å². The van der Waals surface area contributed by atoms with Crippen molar-refractivity contribution in [1.82, 2.24) is 9.21 Å². The van der Waals surface area contributed by atoms with E-state index in [1.165, 1.54) is 21.8 Å². The van der Waals surface area contributed by atoms with E-state index in [0.29, 0.717) is 17.3 Å². The quantitative estimate of drug-likeness (QED) is 0.655. The van der Waals surface area contributed by atoms with Gasteiger partial charge >= 0.3 is 0 Å². The van der Waals surface area contributed by atoms with Gasteiger partial charge in [-0.3, -0.25) is 4.90 Å². The van der Waals surface area contributed by atoms with Gasteiger partial charge in [0.2, 0.25) is 0 Å². The van der Waals surface area contributed by atoms with E-state index < -0.39 is 10.0 Å². The minimum Gasteiger partial charge on any atom is -0.296 e. The standard InChI is InChI=1S/C16H19BrN2O2S3/c1-22-14-4-2-13(3-5-14)12-18-8-10-19(11-9-18)24(20,21)16-7-6-15(17)23-16/h2-7H,8-12H2,1H3. The fraction of sp³-hybridized carbons (Fsp3) is 0.375. The Morgan fingerprint density at radius 1 is 1.08 bits per heavy atom. The highest BCUT2D eigenvalue weighted by Gasteiger charge is 2.29. The third kappa shape index (κ3) is 4.23. The lowest BCUT2D eigenvalue weighted by Crippen LogP contribution is -2.48. The Hall–Kier alpha value is -0.380. The molecule has 1 aromatic carbocycles. The highest BCUT2D eigenvalue weighted by molar-refractivity contribution is 9.11. The van der Waals surface area contributed by atoms with Crippen LogP contribution >= 0.6 is 39.0 Å². The second-order valence-electron chi connectivity index (χ2n) is 5.59. The third-order valence-electron chi connectivity index (χ3n) is 4.04. The molecule has 0 aliphatic carbocycles. The molecule has 0 bridgehead atoms. The van der Waals surface area contributed by atoms with Gasteiger partial charge in [0, 0.05) is 37.6 Å². The summed E-state index contributed by atoms with van der Waals surface area (Å²) >= 11 is 6.33. The van der Waals surface area contributed by atoms with Crippen molar-refractivity contribution in [3.05, 3.63) is 45.7 Å².